The van der Waals surface area contributed by atoms with Gasteiger partial charge in [-0.05, 0) is 39.8 Å². The predicted molar refractivity (Wildman–Crippen MR) is 98.1 cm³/mol. The van der Waals surface area contributed by atoms with E-state index in [1.54, 1.807) is 28.9 Å². The second kappa shape index (κ2) is 6.62. The lowest BCUT2D eigenvalue weighted by Gasteiger charge is -2.19. The quantitative estimate of drug-likeness (QED) is 0.774. The van der Waals surface area contributed by atoms with E-state index in [4.69, 9.17) is 4.74 Å². The molecule has 3 aromatic rings. The number of amides is 1. The van der Waals surface area contributed by atoms with Crippen LogP contribution in [0.25, 0.3) is 11.0 Å². The summed E-state index contributed by atoms with van der Waals surface area (Å²) in [5.74, 6) is -0.00403. The summed E-state index contributed by atoms with van der Waals surface area (Å²) in [5, 5.41) is 4.59. The fourth-order valence-electron chi connectivity index (χ4n) is 2.59. The number of ether oxygens (including phenoxy) is 1. The summed E-state index contributed by atoms with van der Waals surface area (Å²) in [7, 11) is 0. The number of para-hydroxylation sites is 1. The van der Waals surface area contributed by atoms with E-state index in [-0.39, 0.29) is 5.54 Å². The minimum absolute atomic E-state index is 0.312. The Hall–Kier alpha value is -3.16. The second-order valence-electron chi connectivity index (χ2n) is 6.75. The van der Waals surface area contributed by atoms with Crippen LogP contribution in [0.3, 0.4) is 0 Å². The second-order valence-corrected chi connectivity index (χ2v) is 6.75. The van der Waals surface area contributed by atoms with E-state index in [2.05, 4.69) is 15.5 Å². The Labute approximate surface area is 150 Å². The number of hydrogen-bond acceptors (Lipinski definition) is 5. The van der Waals surface area contributed by atoms with Crippen molar-refractivity contribution in [1.82, 2.24) is 19.4 Å². The zero-order chi connectivity index (χ0) is 18.9. The van der Waals surface area contributed by atoms with Gasteiger partial charge in [0.05, 0.1) is 23.9 Å². The SMILES string of the molecule is CCOc1ccccc1C(=O)Nn1cnc2c(cnn2C(C)(C)C)c1=O. The molecule has 0 radical (unpaired) electrons. The number of nitrogens with zero attached hydrogens (tertiary/aromatic N) is 4. The van der Waals surface area contributed by atoms with E-state index in [0.29, 0.717) is 29.0 Å². The third kappa shape index (κ3) is 3.17. The van der Waals surface area contributed by atoms with Crippen molar-refractivity contribution in [2.24, 2.45) is 0 Å². The van der Waals surface area contributed by atoms with Gasteiger partial charge in [0.2, 0.25) is 0 Å². The van der Waals surface area contributed by atoms with Crippen LogP contribution in [-0.2, 0) is 5.54 Å². The van der Waals surface area contributed by atoms with Crippen molar-refractivity contribution in [3.8, 4) is 5.75 Å². The van der Waals surface area contributed by atoms with Crippen LogP contribution in [0.5, 0.6) is 5.75 Å². The van der Waals surface area contributed by atoms with Gasteiger partial charge in [-0.1, -0.05) is 12.1 Å². The standard InChI is InChI=1S/C18H21N5O3/c1-5-26-14-9-7-6-8-12(14)16(24)21-22-11-19-15-13(17(22)25)10-20-23(15)18(2,3)4/h6-11H,5H2,1-4H3,(H,21,24). The molecule has 0 aliphatic heterocycles. The Morgan fingerprint density at radius 1 is 1.27 bits per heavy atom. The molecule has 1 aromatic carbocycles. The molecule has 0 aliphatic carbocycles. The summed E-state index contributed by atoms with van der Waals surface area (Å²) in [4.78, 5) is 29.5. The molecule has 0 spiro atoms. The number of benzene rings is 1. The minimum Gasteiger partial charge on any atom is -0.493 e. The van der Waals surface area contributed by atoms with Crippen molar-refractivity contribution in [2.75, 3.05) is 12.0 Å². The van der Waals surface area contributed by atoms with Gasteiger partial charge in [0.15, 0.2) is 5.65 Å². The zero-order valence-corrected chi connectivity index (χ0v) is 15.2. The van der Waals surface area contributed by atoms with Crippen LogP contribution < -0.4 is 15.7 Å². The Balaban J connectivity index is 1.96. The number of aromatic nitrogens is 4. The Kier molecular flexibility index (Phi) is 4.50. The molecule has 1 N–H and O–H groups in total. The Morgan fingerprint density at radius 3 is 2.69 bits per heavy atom. The Morgan fingerprint density at radius 2 is 2.00 bits per heavy atom. The summed E-state index contributed by atoms with van der Waals surface area (Å²) in [5.41, 5.74) is 2.66. The molecule has 0 aliphatic rings. The zero-order valence-electron chi connectivity index (χ0n) is 15.2. The molecular weight excluding hydrogens is 334 g/mol. The summed E-state index contributed by atoms with van der Waals surface area (Å²) in [6.45, 7) is 8.19. The average Bonchev–Trinajstić information content (AvgIpc) is 3.03. The van der Waals surface area contributed by atoms with Gasteiger partial charge < -0.3 is 4.74 Å². The van der Waals surface area contributed by atoms with Gasteiger partial charge in [-0.25, -0.2) is 14.3 Å². The lowest BCUT2D eigenvalue weighted by Crippen LogP contribution is -2.33. The van der Waals surface area contributed by atoms with E-state index in [0.717, 1.165) is 4.68 Å². The molecule has 136 valence electrons. The van der Waals surface area contributed by atoms with E-state index < -0.39 is 11.5 Å². The van der Waals surface area contributed by atoms with E-state index in [1.165, 1.54) is 12.5 Å². The van der Waals surface area contributed by atoms with Gasteiger partial charge in [0.25, 0.3) is 11.5 Å². The molecule has 0 saturated heterocycles. The van der Waals surface area contributed by atoms with Crippen LogP contribution in [-0.4, -0.2) is 32.0 Å². The summed E-state index contributed by atoms with van der Waals surface area (Å²) < 4.78 is 8.20. The number of carbonyl (C=O) groups is 1. The number of nitrogens with one attached hydrogen (secondary N) is 1. The first kappa shape index (κ1) is 17.7. The van der Waals surface area contributed by atoms with Crippen molar-refractivity contribution < 1.29 is 9.53 Å². The van der Waals surface area contributed by atoms with Gasteiger partial charge in [0, 0.05) is 0 Å². The molecule has 2 aromatic heterocycles. The number of hydrogen-bond donors (Lipinski definition) is 1. The van der Waals surface area contributed by atoms with Crippen LogP contribution in [0.1, 0.15) is 38.1 Å². The maximum Gasteiger partial charge on any atom is 0.283 e. The number of rotatable bonds is 4. The first-order valence-electron chi connectivity index (χ1n) is 8.32. The van der Waals surface area contributed by atoms with Crippen molar-refractivity contribution in [3.63, 3.8) is 0 Å². The van der Waals surface area contributed by atoms with Crippen LogP contribution in [0.15, 0.2) is 41.6 Å². The molecule has 0 saturated carbocycles. The van der Waals surface area contributed by atoms with Gasteiger partial charge in [-0.3, -0.25) is 15.0 Å². The highest BCUT2D eigenvalue weighted by Crippen LogP contribution is 2.19. The molecule has 8 nitrogen and oxygen atoms in total. The molecule has 0 fully saturated rings. The van der Waals surface area contributed by atoms with Crippen LogP contribution >= 0.6 is 0 Å². The average molecular weight is 355 g/mol. The highest BCUT2D eigenvalue weighted by atomic mass is 16.5. The highest BCUT2D eigenvalue weighted by Gasteiger charge is 2.20. The van der Waals surface area contributed by atoms with Crippen LogP contribution in [0, 0.1) is 0 Å². The van der Waals surface area contributed by atoms with Gasteiger partial charge in [-0.15, -0.1) is 0 Å². The number of fused-ring (bicyclic) bond motifs is 1. The molecule has 2 heterocycles. The fourth-order valence-corrected chi connectivity index (χ4v) is 2.59. The van der Waals surface area contributed by atoms with Gasteiger partial charge in [0.1, 0.15) is 17.5 Å². The molecule has 1 amide bonds. The summed E-state index contributed by atoms with van der Waals surface area (Å²) in [6, 6.07) is 6.85. The first-order valence-corrected chi connectivity index (χ1v) is 8.32. The molecule has 8 heteroatoms. The predicted octanol–water partition coefficient (Wildman–Crippen LogP) is 2.13. The van der Waals surface area contributed by atoms with Crippen LogP contribution in [0.4, 0.5) is 0 Å². The normalized spacial score (nSPS) is 11.5. The maximum absolute atomic E-state index is 12.7. The molecule has 0 unspecified atom stereocenters. The monoisotopic (exact) mass is 355 g/mol. The lowest BCUT2D eigenvalue weighted by molar-refractivity contribution is 0.100. The van der Waals surface area contributed by atoms with Gasteiger partial charge in [-0.2, -0.15) is 5.10 Å². The van der Waals surface area contributed by atoms with Crippen molar-refractivity contribution >= 4 is 16.9 Å². The van der Waals surface area contributed by atoms with Gasteiger partial charge >= 0.3 is 0 Å². The molecule has 0 bridgehead atoms. The van der Waals surface area contributed by atoms with E-state index in [1.807, 2.05) is 27.7 Å². The minimum atomic E-state index is -0.458. The summed E-state index contributed by atoms with van der Waals surface area (Å²) in [6.07, 6.45) is 2.75. The molecule has 26 heavy (non-hydrogen) atoms. The smallest absolute Gasteiger partial charge is 0.283 e. The highest BCUT2D eigenvalue weighted by molar-refractivity contribution is 6.02. The van der Waals surface area contributed by atoms with Crippen molar-refractivity contribution in [2.45, 2.75) is 33.2 Å². The first-order chi connectivity index (χ1) is 12.3. The largest absolute Gasteiger partial charge is 0.493 e. The van der Waals surface area contributed by atoms with Crippen molar-refractivity contribution in [1.29, 1.82) is 0 Å². The molecular formula is C18H21N5O3. The van der Waals surface area contributed by atoms with Crippen LogP contribution in [0.2, 0.25) is 0 Å². The molecule has 3 rings (SSSR count). The third-order valence-corrected chi connectivity index (χ3v) is 3.78. The molecule has 0 atom stereocenters. The lowest BCUT2D eigenvalue weighted by atomic mass is 10.1. The maximum atomic E-state index is 12.7. The van der Waals surface area contributed by atoms with E-state index in [9.17, 15) is 9.59 Å². The number of carbonyl (C=O) groups excluding carboxylic acids is 1. The third-order valence-electron chi connectivity index (χ3n) is 3.78. The summed E-state index contributed by atoms with van der Waals surface area (Å²) >= 11 is 0. The van der Waals surface area contributed by atoms with Crippen molar-refractivity contribution in [3.05, 3.63) is 52.7 Å². The fraction of sp³-hybridized carbons (Fsp3) is 0.333. The topological polar surface area (TPSA) is 91.0 Å². The van der Waals surface area contributed by atoms with E-state index >= 15 is 0 Å². The Bertz CT molecular complexity index is 1010.